The standard InChI is InChI=1S/C14H15BrClN3S/c1-2-4-11-13(15)14(17)19-12(18-11)8-20-10-6-3-5-9(16)7-10/h3,5-7H,2,4,8H2,1H3,(H2,17,18,19). The van der Waals surface area contributed by atoms with Gasteiger partial charge in [-0.1, -0.05) is 31.0 Å². The largest absolute Gasteiger partial charge is 0.383 e. The van der Waals surface area contributed by atoms with E-state index in [2.05, 4.69) is 32.8 Å². The van der Waals surface area contributed by atoms with Crippen molar-refractivity contribution in [2.45, 2.75) is 30.4 Å². The molecule has 0 aliphatic heterocycles. The molecule has 20 heavy (non-hydrogen) atoms. The molecule has 6 heteroatoms. The van der Waals surface area contributed by atoms with Crippen LogP contribution >= 0.6 is 39.3 Å². The Kier molecular flexibility index (Phi) is 5.69. The minimum atomic E-state index is 0.505. The average Bonchev–Trinajstić information content (AvgIpc) is 2.42. The number of anilines is 1. The topological polar surface area (TPSA) is 51.8 Å². The van der Waals surface area contributed by atoms with Crippen LogP contribution in [0, 0.1) is 0 Å². The summed E-state index contributed by atoms with van der Waals surface area (Å²) in [4.78, 5) is 9.98. The SMILES string of the molecule is CCCc1nc(CSc2cccc(Cl)c2)nc(N)c1Br. The zero-order valence-electron chi connectivity index (χ0n) is 11.1. The van der Waals surface area contributed by atoms with E-state index in [-0.39, 0.29) is 0 Å². The van der Waals surface area contributed by atoms with Gasteiger partial charge in [0.1, 0.15) is 11.6 Å². The lowest BCUT2D eigenvalue weighted by Gasteiger charge is -2.08. The molecule has 0 spiro atoms. The molecule has 1 aromatic heterocycles. The molecule has 0 saturated heterocycles. The van der Waals surface area contributed by atoms with Gasteiger partial charge in [-0.15, -0.1) is 11.8 Å². The Morgan fingerprint density at radius 1 is 1.35 bits per heavy atom. The predicted molar refractivity (Wildman–Crippen MR) is 89.2 cm³/mol. The Labute approximate surface area is 136 Å². The fourth-order valence-corrected chi connectivity index (χ4v) is 3.18. The average molecular weight is 373 g/mol. The molecule has 0 amide bonds. The zero-order valence-corrected chi connectivity index (χ0v) is 14.2. The lowest BCUT2D eigenvalue weighted by Crippen LogP contribution is -2.04. The third-order valence-corrected chi connectivity index (χ3v) is 4.73. The quantitative estimate of drug-likeness (QED) is 0.772. The molecule has 0 unspecified atom stereocenters. The van der Waals surface area contributed by atoms with E-state index < -0.39 is 0 Å². The number of aryl methyl sites for hydroxylation is 1. The van der Waals surface area contributed by atoms with Crippen molar-refractivity contribution in [1.82, 2.24) is 9.97 Å². The molecule has 1 aromatic carbocycles. The molecular formula is C14H15BrClN3S. The van der Waals surface area contributed by atoms with Crippen LogP contribution < -0.4 is 5.73 Å². The van der Waals surface area contributed by atoms with E-state index in [1.165, 1.54) is 0 Å². The lowest BCUT2D eigenvalue weighted by molar-refractivity contribution is 0.848. The van der Waals surface area contributed by atoms with Crippen LogP contribution in [0.3, 0.4) is 0 Å². The highest BCUT2D eigenvalue weighted by Crippen LogP contribution is 2.27. The molecule has 106 valence electrons. The maximum atomic E-state index is 5.97. The van der Waals surface area contributed by atoms with Gasteiger partial charge in [0, 0.05) is 9.92 Å². The number of hydrogen-bond donors (Lipinski definition) is 1. The number of rotatable bonds is 5. The normalized spacial score (nSPS) is 10.8. The smallest absolute Gasteiger partial charge is 0.141 e. The van der Waals surface area contributed by atoms with E-state index in [4.69, 9.17) is 17.3 Å². The van der Waals surface area contributed by atoms with Crippen LogP contribution in [0.1, 0.15) is 24.9 Å². The molecule has 0 saturated carbocycles. The number of nitrogens with zero attached hydrogens (tertiary/aromatic N) is 2. The molecule has 0 atom stereocenters. The number of thioether (sulfide) groups is 1. The number of benzene rings is 1. The first-order valence-electron chi connectivity index (χ1n) is 6.29. The summed E-state index contributed by atoms with van der Waals surface area (Å²) < 4.78 is 0.816. The molecule has 2 N–H and O–H groups in total. The van der Waals surface area contributed by atoms with Crippen molar-refractivity contribution in [3.05, 3.63) is 45.3 Å². The van der Waals surface area contributed by atoms with Gasteiger partial charge in [-0.05, 0) is 40.5 Å². The fraction of sp³-hybridized carbons (Fsp3) is 0.286. The minimum absolute atomic E-state index is 0.505. The Morgan fingerprint density at radius 2 is 2.15 bits per heavy atom. The summed E-state index contributed by atoms with van der Waals surface area (Å²) in [6.45, 7) is 2.12. The second-order valence-electron chi connectivity index (χ2n) is 4.28. The first-order valence-corrected chi connectivity index (χ1v) is 8.45. The Bertz CT molecular complexity index is 607. The van der Waals surface area contributed by atoms with Gasteiger partial charge < -0.3 is 5.73 Å². The van der Waals surface area contributed by atoms with Gasteiger partial charge in [-0.25, -0.2) is 9.97 Å². The Morgan fingerprint density at radius 3 is 2.85 bits per heavy atom. The third-order valence-electron chi connectivity index (χ3n) is 2.64. The van der Waals surface area contributed by atoms with Crippen molar-refractivity contribution >= 4 is 45.1 Å². The van der Waals surface area contributed by atoms with E-state index in [0.29, 0.717) is 11.6 Å². The number of halogens is 2. The highest BCUT2D eigenvalue weighted by atomic mass is 79.9. The van der Waals surface area contributed by atoms with Crippen LogP contribution in [0.5, 0.6) is 0 Å². The molecule has 0 radical (unpaired) electrons. The highest BCUT2D eigenvalue weighted by molar-refractivity contribution is 9.10. The lowest BCUT2D eigenvalue weighted by atomic mass is 10.2. The molecule has 3 nitrogen and oxygen atoms in total. The fourth-order valence-electron chi connectivity index (χ4n) is 1.74. The molecule has 1 heterocycles. The second-order valence-corrected chi connectivity index (χ2v) is 6.56. The summed E-state index contributed by atoms with van der Waals surface area (Å²) in [5, 5.41) is 0.734. The van der Waals surface area contributed by atoms with E-state index in [0.717, 1.165) is 38.8 Å². The maximum absolute atomic E-state index is 5.97. The number of nitrogens with two attached hydrogens (primary N) is 1. The van der Waals surface area contributed by atoms with Crippen molar-refractivity contribution in [1.29, 1.82) is 0 Å². The van der Waals surface area contributed by atoms with E-state index in [9.17, 15) is 0 Å². The van der Waals surface area contributed by atoms with Crippen LogP contribution in [-0.4, -0.2) is 9.97 Å². The molecule has 0 bridgehead atoms. The van der Waals surface area contributed by atoms with Gasteiger partial charge >= 0.3 is 0 Å². The number of nitrogen functional groups attached to an aromatic ring is 1. The molecule has 0 aliphatic rings. The first kappa shape index (κ1) is 15.6. The van der Waals surface area contributed by atoms with Gasteiger partial charge in [-0.2, -0.15) is 0 Å². The van der Waals surface area contributed by atoms with Gasteiger partial charge in [0.2, 0.25) is 0 Å². The zero-order chi connectivity index (χ0) is 14.5. The van der Waals surface area contributed by atoms with Crippen molar-refractivity contribution in [2.24, 2.45) is 0 Å². The number of aromatic nitrogens is 2. The van der Waals surface area contributed by atoms with Crippen LogP contribution in [0.4, 0.5) is 5.82 Å². The summed E-state index contributed by atoms with van der Waals surface area (Å²) >= 11 is 11.1. The van der Waals surface area contributed by atoms with Crippen molar-refractivity contribution in [2.75, 3.05) is 5.73 Å². The summed E-state index contributed by atoms with van der Waals surface area (Å²) in [6, 6.07) is 7.75. The molecule has 0 aliphatic carbocycles. The van der Waals surface area contributed by atoms with Gasteiger partial charge in [0.05, 0.1) is 15.9 Å². The van der Waals surface area contributed by atoms with E-state index in [1.54, 1.807) is 11.8 Å². The molecule has 2 aromatic rings. The van der Waals surface area contributed by atoms with E-state index >= 15 is 0 Å². The molecular weight excluding hydrogens is 358 g/mol. The molecule has 0 fully saturated rings. The third kappa shape index (κ3) is 4.11. The summed E-state index contributed by atoms with van der Waals surface area (Å²) in [5.74, 6) is 1.93. The van der Waals surface area contributed by atoms with Crippen molar-refractivity contribution in [3.8, 4) is 0 Å². The van der Waals surface area contributed by atoms with Crippen LogP contribution in [0.25, 0.3) is 0 Å². The maximum Gasteiger partial charge on any atom is 0.141 e. The van der Waals surface area contributed by atoms with Crippen LogP contribution in [-0.2, 0) is 12.2 Å². The second kappa shape index (κ2) is 7.29. The first-order chi connectivity index (χ1) is 9.60. The predicted octanol–water partition coefficient (Wildman–Crippen LogP) is 4.72. The van der Waals surface area contributed by atoms with Crippen molar-refractivity contribution in [3.63, 3.8) is 0 Å². The van der Waals surface area contributed by atoms with E-state index in [1.807, 2.05) is 24.3 Å². The summed E-state index contributed by atoms with van der Waals surface area (Å²) in [6.07, 6.45) is 1.91. The van der Waals surface area contributed by atoms with Crippen molar-refractivity contribution < 1.29 is 0 Å². The highest BCUT2D eigenvalue weighted by Gasteiger charge is 2.09. The monoisotopic (exact) mass is 371 g/mol. The Balaban J connectivity index is 2.13. The van der Waals surface area contributed by atoms with Gasteiger partial charge in [0.25, 0.3) is 0 Å². The Hall–Kier alpha value is -0.780. The number of hydrogen-bond acceptors (Lipinski definition) is 4. The molecule has 2 rings (SSSR count). The van der Waals surface area contributed by atoms with Gasteiger partial charge in [-0.3, -0.25) is 0 Å². The minimum Gasteiger partial charge on any atom is -0.383 e. The summed E-state index contributed by atoms with van der Waals surface area (Å²) in [7, 11) is 0. The van der Waals surface area contributed by atoms with Crippen LogP contribution in [0.15, 0.2) is 33.6 Å². The summed E-state index contributed by atoms with van der Waals surface area (Å²) in [5.41, 5.74) is 6.89. The van der Waals surface area contributed by atoms with Gasteiger partial charge in [0.15, 0.2) is 0 Å². The van der Waals surface area contributed by atoms with Crippen LogP contribution in [0.2, 0.25) is 5.02 Å².